The highest BCUT2D eigenvalue weighted by Gasteiger charge is 2.16. The van der Waals surface area contributed by atoms with Crippen molar-refractivity contribution in [2.75, 3.05) is 17.2 Å². The highest BCUT2D eigenvalue weighted by Crippen LogP contribution is 2.31. The fraction of sp³-hybridized carbons (Fsp3) is 0.158. The van der Waals surface area contributed by atoms with Crippen molar-refractivity contribution >= 4 is 33.8 Å². The van der Waals surface area contributed by atoms with E-state index in [4.69, 9.17) is 4.74 Å². The van der Waals surface area contributed by atoms with E-state index in [-0.39, 0.29) is 5.91 Å². The Bertz CT molecular complexity index is 862. The van der Waals surface area contributed by atoms with Crippen molar-refractivity contribution in [2.45, 2.75) is 13.8 Å². The van der Waals surface area contributed by atoms with Crippen molar-refractivity contribution < 1.29 is 9.53 Å². The zero-order valence-corrected chi connectivity index (χ0v) is 14.9. The van der Waals surface area contributed by atoms with Crippen molar-refractivity contribution in [1.29, 1.82) is 0 Å². The SMILES string of the molecule is CCOc1ccccc1Nc1nc(C)c(C(=O)Nc2ccccc2)s1. The molecule has 0 aliphatic carbocycles. The molecule has 0 fully saturated rings. The summed E-state index contributed by atoms with van der Waals surface area (Å²) in [5, 5.41) is 6.78. The summed E-state index contributed by atoms with van der Waals surface area (Å²) in [4.78, 5) is 17.5. The molecule has 0 aliphatic heterocycles. The van der Waals surface area contributed by atoms with E-state index in [2.05, 4.69) is 15.6 Å². The van der Waals surface area contributed by atoms with Crippen LogP contribution in [0.25, 0.3) is 0 Å². The summed E-state index contributed by atoms with van der Waals surface area (Å²) in [5.74, 6) is 0.598. The number of benzene rings is 2. The second kappa shape index (κ2) is 7.81. The molecule has 1 heterocycles. The number of thiazole rings is 1. The molecule has 0 radical (unpaired) electrons. The van der Waals surface area contributed by atoms with E-state index in [1.54, 1.807) is 0 Å². The largest absolute Gasteiger partial charge is 0.492 e. The first-order valence-corrected chi connectivity index (χ1v) is 8.81. The molecule has 128 valence electrons. The lowest BCUT2D eigenvalue weighted by Crippen LogP contribution is -2.11. The first-order valence-electron chi connectivity index (χ1n) is 8.00. The molecule has 25 heavy (non-hydrogen) atoms. The van der Waals surface area contributed by atoms with Gasteiger partial charge in [0.05, 0.1) is 18.0 Å². The predicted octanol–water partition coefficient (Wildman–Crippen LogP) is 4.85. The summed E-state index contributed by atoms with van der Waals surface area (Å²) in [5.41, 5.74) is 2.28. The summed E-state index contributed by atoms with van der Waals surface area (Å²) >= 11 is 1.32. The molecule has 0 spiro atoms. The third-order valence-electron chi connectivity index (χ3n) is 3.46. The number of aromatic nitrogens is 1. The Morgan fingerprint density at radius 1 is 1.12 bits per heavy atom. The highest BCUT2D eigenvalue weighted by atomic mass is 32.1. The molecule has 0 aliphatic rings. The van der Waals surface area contributed by atoms with Crippen LogP contribution in [0.2, 0.25) is 0 Å². The van der Waals surface area contributed by atoms with Crippen LogP contribution in [-0.2, 0) is 0 Å². The van der Waals surface area contributed by atoms with Gasteiger partial charge in [-0.3, -0.25) is 4.79 Å². The number of amides is 1. The minimum absolute atomic E-state index is 0.160. The van der Waals surface area contributed by atoms with Crippen LogP contribution in [0.1, 0.15) is 22.3 Å². The van der Waals surface area contributed by atoms with Gasteiger partial charge in [0.25, 0.3) is 5.91 Å². The maximum absolute atomic E-state index is 12.5. The zero-order valence-electron chi connectivity index (χ0n) is 14.1. The number of aryl methyl sites for hydroxylation is 1. The fourth-order valence-electron chi connectivity index (χ4n) is 2.34. The molecule has 5 nitrogen and oxygen atoms in total. The number of ether oxygens (including phenoxy) is 1. The number of anilines is 3. The van der Waals surface area contributed by atoms with Gasteiger partial charge < -0.3 is 15.4 Å². The maximum atomic E-state index is 12.5. The molecule has 0 saturated heterocycles. The molecule has 3 aromatic rings. The second-order valence-electron chi connectivity index (χ2n) is 5.31. The van der Waals surface area contributed by atoms with Crippen LogP contribution in [0.4, 0.5) is 16.5 Å². The standard InChI is InChI=1S/C19H19N3O2S/c1-3-24-16-12-8-7-11-15(16)22-19-20-13(2)17(25-19)18(23)21-14-9-5-4-6-10-14/h4-12H,3H2,1-2H3,(H,20,22)(H,21,23). The van der Waals surface area contributed by atoms with Gasteiger partial charge in [0.15, 0.2) is 5.13 Å². The van der Waals surface area contributed by atoms with Crippen molar-refractivity contribution in [3.63, 3.8) is 0 Å². The molecular weight excluding hydrogens is 334 g/mol. The number of carbonyl (C=O) groups excluding carboxylic acids is 1. The molecule has 0 saturated carbocycles. The zero-order chi connectivity index (χ0) is 17.6. The molecule has 3 rings (SSSR count). The van der Waals surface area contributed by atoms with Gasteiger partial charge >= 0.3 is 0 Å². The van der Waals surface area contributed by atoms with Crippen molar-refractivity contribution in [1.82, 2.24) is 4.98 Å². The topological polar surface area (TPSA) is 63.2 Å². The molecular formula is C19H19N3O2S. The van der Waals surface area contributed by atoms with Crippen LogP contribution in [0.5, 0.6) is 5.75 Å². The van der Waals surface area contributed by atoms with Gasteiger partial charge in [-0.05, 0) is 38.1 Å². The number of para-hydroxylation sites is 3. The number of carbonyl (C=O) groups is 1. The lowest BCUT2D eigenvalue weighted by atomic mass is 10.3. The van der Waals surface area contributed by atoms with Crippen LogP contribution in [0.3, 0.4) is 0 Å². The number of nitrogens with one attached hydrogen (secondary N) is 2. The minimum Gasteiger partial charge on any atom is -0.492 e. The van der Waals surface area contributed by atoms with Gasteiger partial charge in [0.1, 0.15) is 10.6 Å². The maximum Gasteiger partial charge on any atom is 0.267 e. The van der Waals surface area contributed by atoms with E-state index in [1.165, 1.54) is 11.3 Å². The summed E-state index contributed by atoms with van der Waals surface area (Å²) in [6, 6.07) is 17.0. The second-order valence-corrected chi connectivity index (χ2v) is 6.31. The van der Waals surface area contributed by atoms with Gasteiger partial charge in [0.2, 0.25) is 0 Å². The lowest BCUT2D eigenvalue weighted by molar-refractivity contribution is 0.103. The van der Waals surface area contributed by atoms with Crippen LogP contribution >= 0.6 is 11.3 Å². The van der Waals surface area contributed by atoms with Crippen LogP contribution in [0, 0.1) is 6.92 Å². The van der Waals surface area contributed by atoms with Crippen molar-refractivity contribution in [3.8, 4) is 5.75 Å². The van der Waals surface area contributed by atoms with E-state index in [9.17, 15) is 4.79 Å². The molecule has 1 aromatic heterocycles. The third kappa shape index (κ3) is 4.16. The average molecular weight is 353 g/mol. The summed E-state index contributed by atoms with van der Waals surface area (Å²) in [6.45, 7) is 4.35. The van der Waals surface area contributed by atoms with Crippen molar-refractivity contribution in [2.24, 2.45) is 0 Å². The van der Waals surface area contributed by atoms with Crippen LogP contribution in [-0.4, -0.2) is 17.5 Å². The molecule has 6 heteroatoms. The Balaban J connectivity index is 1.77. The van der Waals surface area contributed by atoms with E-state index in [1.807, 2.05) is 68.4 Å². The number of hydrogen-bond acceptors (Lipinski definition) is 5. The quantitative estimate of drug-likeness (QED) is 0.665. The summed E-state index contributed by atoms with van der Waals surface area (Å²) in [7, 11) is 0. The van der Waals surface area contributed by atoms with Crippen molar-refractivity contribution in [3.05, 3.63) is 65.2 Å². The Morgan fingerprint density at radius 3 is 2.60 bits per heavy atom. The van der Waals surface area contributed by atoms with E-state index >= 15 is 0 Å². The van der Waals surface area contributed by atoms with Gasteiger partial charge in [-0.2, -0.15) is 0 Å². The third-order valence-corrected chi connectivity index (χ3v) is 4.53. The Labute approximate surface area is 150 Å². The van der Waals surface area contributed by atoms with E-state index < -0.39 is 0 Å². The first kappa shape index (κ1) is 17.0. The number of rotatable bonds is 6. The monoisotopic (exact) mass is 353 g/mol. The van der Waals surface area contributed by atoms with E-state index in [0.29, 0.717) is 22.3 Å². The first-order chi connectivity index (χ1) is 12.2. The molecule has 0 atom stereocenters. The summed E-state index contributed by atoms with van der Waals surface area (Å²) in [6.07, 6.45) is 0. The van der Waals surface area contributed by atoms with Gasteiger partial charge in [-0.1, -0.05) is 41.7 Å². The minimum atomic E-state index is -0.160. The molecule has 0 bridgehead atoms. The molecule has 0 unspecified atom stereocenters. The van der Waals surface area contributed by atoms with Crippen LogP contribution < -0.4 is 15.4 Å². The normalized spacial score (nSPS) is 10.3. The number of hydrogen-bond donors (Lipinski definition) is 2. The summed E-state index contributed by atoms with van der Waals surface area (Å²) < 4.78 is 5.61. The Kier molecular flexibility index (Phi) is 5.30. The Morgan fingerprint density at radius 2 is 1.84 bits per heavy atom. The van der Waals surface area contributed by atoms with Gasteiger partial charge in [-0.25, -0.2) is 4.98 Å². The molecule has 2 N–H and O–H groups in total. The fourth-order valence-corrected chi connectivity index (χ4v) is 3.21. The lowest BCUT2D eigenvalue weighted by Gasteiger charge is -2.09. The molecule has 2 aromatic carbocycles. The highest BCUT2D eigenvalue weighted by molar-refractivity contribution is 7.17. The van der Waals surface area contributed by atoms with Gasteiger partial charge in [0, 0.05) is 5.69 Å². The van der Waals surface area contributed by atoms with Gasteiger partial charge in [-0.15, -0.1) is 0 Å². The average Bonchev–Trinajstić information content (AvgIpc) is 2.98. The smallest absolute Gasteiger partial charge is 0.267 e. The molecule has 1 amide bonds. The number of nitrogens with zero attached hydrogens (tertiary/aromatic N) is 1. The van der Waals surface area contributed by atoms with Crippen LogP contribution in [0.15, 0.2) is 54.6 Å². The van der Waals surface area contributed by atoms with E-state index in [0.717, 1.165) is 17.1 Å². The Hall–Kier alpha value is -2.86. The predicted molar refractivity (Wildman–Crippen MR) is 102 cm³/mol.